The number of hydrogen-bond acceptors (Lipinski definition) is 2. The summed E-state index contributed by atoms with van der Waals surface area (Å²) in [5.74, 6) is -0.193. The summed E-state index contributed by atoms with van der Waals surface area (Å²) in [7, 11) is 0. The van der Waals surface area contributed by atoms with Gasteiger partial charge in [0.25, 0.3) is 0 Å². The molecular formula is C18H17FN2. The van der Waals surface area contributed by atoms with E-state index in [-0.39, 0.29) is 5.82 Å². The van der Waals surface area contributed by atoms with Gasteiger partial charge in [-0.05, 0) is 48.4 Å². The van der Waals surface area contributed by atoms with Crippen molar-refractivity contribution in [1.29, 1.82) is 0 Å². The number of pyridine rings is 1. The maximum atomic E-state index is 13.1. The summed E-state index contributed by atoms with van der Waals surface area (Å²) in [4.78, 5) is 4.49. The molecule has 3 heteroatoms. The minimum Gasteiger partial charge on any atom is -0.309 e. The Kier molecular flexibility index (Phi) is 3.93. The maximum Gasteiger partial charge on any atom is 0.123 e. The van der Waals surface area contributed by atoms with Gasteiger partial charge in [-0.15, -0.1) is 0 Å². The minimum absolute atomic E-state index is 0.193. The first-order chi connectivity index (χ1) is 10.2. The van der Waals surface area contributed by atoms with E-state index in [1.54, 1.807) is 12.1 Å². The predicted molar refractivity (Wildman–Crippen MR) is 83.4 cm³/mol. The first kappa shape index (κ1) is 13.7. The van der Waals surface area contributed by atoms with E-state index < -0.39 is 0 Å². The molecule has 0 saturated carbocycles. The Morgan fingerprint density at radius 3 is 2.57 bits per heavy atom. The summed E-state index contributed by atoms with van der Waals surface area (Å²) in [5, 5.41) is 4.48. The molecule has 0 aliphatic carbocycles. The highest BCUT2D eigenvalue weighted by molar-refractivity contribution is 5.79. The molecule has 0 aliphatic heterocycles. The summed E-state index contributed by atoms with van der Waals surface area (Å²) < 4.78 is 13.1. The van der Waals surface area contributed by atoms with Crippen LogP contribution in [0.4, 0.5) is 4.39 Å². The van der Waals surface area contributed by atoms with Crippen LogP contribution in [0.5, 0.6) is 0 Å². The molecule has 106 valence electrons. The van der Waals surface area contributed by atoms with Gasteiger partial charge >= 0.3 is 0 Å². The number of benzene rings is 2. The first-order valence-corrected chi connectivity index (χ1v) is 7.02. The van der Waals surface area contributed by atoms with Crippen molar-refractivity contribution in [3.63, 3.8) is 0 Å². The van der Waals surface area contributed by atoms with Crippen LogP contribution in [0.1, 0.15) is 16.8 Å². The molecule has 3 aromatic rings. The van der Waals surface area contributed by atoms with Gasteiger partial charge in [-0.2, -0.15) is 0 Å². The molecule has 0 atom stereocenters. The van der Waals surface area contributed by atoms with E-state index in [1.807, 2.05) is 25.1 Å². The molecule has 3 rings (SSSR count). The van der Waals surface area contributed by atoms with Gasteiger partial charge in [-0.1, -0.05) is 24.3 Å². The lowest BCUT2D eigenvalue weighted by Crippen LogP contribution is -2.12. The molecule has 0 saturated heterocycles. The molecule has 0 unspecified atom stereocenters. The van der Waals surface area contributed by atoms with Crippen LogP contribution in [0.25, 0.3) is 10.9 Å². The Labute approximate surface area is 123 Å². The summed E-state index contributed by atoms with van der Waals surface area (Å²) >= 11 is 0. The molecule has 0 radical (unpaired) electrons. The number of halogens is 1. The van der Waals surface area contributed by atoms with Crippen molar-refractivity contribution in [2.45, 2.75) is 20.0 Å². The molecule has 0 aliphatic rings. The summed E-state index contributed by atoms with van der Waals surface area (Å²) in [5.41, 5.74) is 4.20. The number of hydrogen-bond donors (Lipinski definition) is 1. The second kappa shape index (κ2) is 6.02. The van der Waals surface area contributed by atoms with Crippen LogP contribution in [-0.2, 0) is 13.1 Å². The SMILES string of the molecule is Cc1ccc2cc(CNCc3cccc(F)c3)ccc2n1. The van der Waals surface area contributed by atoms with Gasteiger partial charge in [-0.25, -0.2) is 4.39 Å². The van der Waals surface area contributed by atoms with Crippen molar-refractivity contribution < 1.29 is 4.39 Å². The van der Waals surface area contributed by atoms with Crippen LogP contribution < -0.4 is 5.32 Å². The van der Waals surface area contributed by atoms with Crippen LogP contribution in [0, 0.1) is 12.7 Å². The Morgan fingerprint density at radius 1 is 0.952 bits per heavy atom. The van der Waals surface area contributed by atoms with Gasteiger partial charge < -0.3 is 5.32 Å². The zero-order valence-electron chi connectivity index (χ0n) is 11.9. The second-order valence-corrected chi connectivity index (χ2v) is 5.21. The molecule has 1 heterocycles. The van der Waals surface area contributed by atoms with Crippen LogP contribution >= 0.6 is 0 Å². The first-order valence-electron chi connectivity index (χ1n) is 7.02. The van der Waals surface area contributed by atoms with Gasteiger partial charge in [0.05, 0.1) is 5.52 Å². The monoisotopic (exact) mass is 280 g/mol. The molecule has 1 N–H and O–H groups in total. The van der Waals surface area contributed by atoms with E-state index in [4.69, 9.17) is 0 Å². The molecule has 2 nitrogen and oxygen atoms in total. The van der Waals surface area contributed by atoms with Crippen LogP contribution in [0.15, 0.2) is 54.6 Å². The third-order valence-corrected chi connectivity index (χ3v) is 3.44. The molecule has 1 aromatic heterocycles. The van der Waals surface area contributed by atoms with Gasteiger partial charge in [0.15, 0.2) is 0 Å². The van der Waals surface area contributed by atoms with E-state index >= 15 is 0 Å². The van der Waals surface area contributed by atoms with Crippen molar-refractivity contribution in [2.24, 2.45) is 0 Å². The smallest absolute Gasteiger partial charge is 0.123 e. The van der Waals surface area contributed by atoms with Gasteiger partial charge in [0.1, 0.15) is 5.82 Å². The third kappa shape index (κ3) is 3.44. The number of aromatic nitrogens is 1. The number of nitrogens with zero attached hydrogens (tertiary/aromatic N) is 1. The number of rotatable bonds is 4. The Bertz CT molecular complexity index is 768. The number of aryl methyl sites for hydroxylation is 1. The number of nitrogens with one attached hydrogen (secondary N) is 1. The Hall–Kier alpha value is -2.26. The highest BCUT2D eigenvalue weighted by atomic mass is 19.1. The molecular weight excluding hydrogens is 263 g/mol. The van der Waals surface area contributed by atoms with Crippen LogP contribution in [-0.4, -0.2) is 4.98 Å². The number of fused-ring (bicyclic) bond motifs is 1. The lowest BCUT2D eigenvalue weighted by molar-refractivity contribution is 0.620. The quantitative estimate of drug-likeness (QED) is 0.782. The Morgan fingerprint density at radius 2 is 1.76 bits per heavy atom. The maximum absolute atomic E-state index is 13.1. The molecule has 0 spiro atoms. The van der Waals surface area contributed by atoms with E-state index in [9.17, 15) is 4.39 Å². The molecule has 0 amide bonds. The fourth-order valence-corrected chi connectivity index (χ4v) is 2.38. The summed E-state index contributed by atoms with van der Waals surface area (Å²) in [6.07, 6.45) is 0. The van der Waals surface area contributed by atoms with Crippen molar-refractivity contribution in [1.82, 2.24) is 10.3 Å². The fourth-order valence-electron chi connectivity index (χ4n) is 2.38. The minimum atomic E-state index is -0.193. The van der Waals surface area contributed by atoms with Crippen molar-refractivity contribution in [3.05, 3.63) is 77.2 Å². The van der Waals surface area contributed by atoms with E-state index in [1.165, 1.54) is 11.6 Å². The Balaban J connectivity index is 1.66. The fraction of sp³-hybridized carbons (Fsp3) is 0.167. The van der Waals surface area contributed by atoms with E-state index in [0.29, 0.717) is 6.54 Å². The topological polar surface area (TPSA) is 24.9 Å². The van der Waals surface area contributed by atoms with Gasteiger partial charge in [0, 0.05) is 24.2 Å². The summed E-state index contributed by atoms with van der Waals surface area (Å²) in [6, 6.07) is 17.0. The average Bonchev–Trinajstić information content (AvgIpc) is 2.47. The molecule has 0 fully saturated rings. The molecule has 2 aromatic carbocycles. The normalized spacial score (nSPS) is 11.0. The standard InChI is InChI=1S/C18H17FN2/c1-13-5-7-16-9-15(6-8-18(16)21-13)12-20-11-14-3-2-4-17(19)10-14/h2-10,20H,11-12H2,1H3. The van der Waals surface area contributed by atoms with Gasteiger partial charge in [0.2, 0.25) is 0 Å². The van der Waals surface area contributed by atoms with Crippen LogP contribution in [0.3, 0.4) is 0 Å². The molecule has 0 bridgehead atoms. The van der Waals surface area contributed by atoms with E-state index in [0.717, 1.165) is 28.7 Å². The lowest BCUT2D eigenvalue weighted by atomic mass is 10.1. The average molecular weight is 280 g/mol. The summed E-state index contributed by atoms with van der Waals surface area (Å²) in [6.45, 7) is 3.40. The third-order valence-electron chi connectivity index (χ3n) is 3.44. The van der Waals surface area contributed by atoms with Crippen molar-refractivity contribution >= 4 is 10.9 Å². The highest BCUT2D eigenvalue weighted by Gasteiger charge is 1.99. The predicted octanol–water partition coefficient (Wildman–Crippen LogP) is 3.97. The van der Waals surface area contributed by atoms with Gasteiger partial charge in [-0.3, -0.25) is 4.98 Å². The zero-order valence-corrected chi connectivity index (χ0v) is 11.9. The molecule has 21 heavy (non-hydrogen) atoms. The largest absolute Gasteiger partial charge is 0.309 e. The van der Waals surface area contributed by atoms with Crippen molar-refractivity contribution in [2.75, 3.05) is 0 Å². The highest BCUT2D eigenvalue weighted by Crippen LogP contribution is 2.15. The lowest BCUT2D eigenvalue weighted by Gasteiger charge is -2.07. The van der Waals surface area contributed by atoms with E-state index in [2.05, 4.69) is 28.5 Å². The van der Waals surface area contributed by atoms with Crippen molar-refractivity contribution in [3.8, 4) is 0 Å². The van der Waals surface area contributed by atoms with Crippen LogP contribution in [0.2, 0.25) is 0 Å². The second-order valence-electron chi connectivity index (χ2n) is 5.21. The zero-order chi connectivity index (χ0) is 14.7.